The third-order valence-electron chi connectivity index (χ3n) is 3.68. The fraction of sp³-hybridized carbons (Fsp3) is 0.250. The summed E-state index contributed by atoms with van der Waals surface area (Å²) in [4.78, 5) is 10.4. The van der Waals surface area contributed by atoms with E-state index in [9.17, 15) is 9.46 Å². The highest BCUT2D eigenvalue weighted by Gasteiger charge is 2.24. The van der Waals surface area contributed by atoms with E-state index < -0.39 is 7.37 Å². The molecule has 2 aromatic rings. The molecule has 0 saturated carbocycles. The Morgan fingerprint density at radius 1 is 0.737 bits per heavy atom. The summed E-state index contributed by atoms with van der Waals surface area (Å²) in [6.07, 6.45) is 0. The summed E-state index contributed by atoms with van der Waals surface area (Å²) >= 11 is 0. The predicted octanol–water partition coefficient (Wildman–Crippen LogP) is 3.14. The van der Waals surface area contributed by atoms with E-state index in [-0.39, 0.29) is 0 Å². The molecule has 2 aromatic carbocycles. The van der Waals surface area contributed by atoms with Gasteiger partial charge in [0.2, 0.25) is 0 Å². The molecule has 19 heavy (non-hydrogen) atoms. The number of benzene rings is 2. The first-order valence-electron chi connectivity index (χ1n) is 6.31. The van der Waals surface area contributed by atoms with Gasteiger partial charge in [0.1, 0.15) is 0 Å². The van der Waals surface area contributed by atoms with Crippen molar-refractivity contribution in [3.8, 4) is 0 Å². The highest BCUT2D eigenvalue weighted by molar-refractivity contribution is 7.73. The zero-order chi connectivity index (χ0) is 14.2. The Morgan fingerprint density at radius 3 is 1.42 bits per heavy atom. The zero-order valence-electron chi connectivity index (χ0n) is 11.8. The van der Waals surface area contributed by atoms with Crippen LogP contribution < -0.4 is 10.6 Å². The summed E-state index contributed by atoms with van der Waals surface area (Å²) < 4.78 is 12.7. The van der Waals surface area contributed by atoms with Gasteiger partial charge in [-0.1, -0.05) is 12.1 Å². The maximum Gasteiger partial charge on any atom is 0.258 e. The molecule has 0 aliphatic rings. The fourth-order valence-corrected chi connectivity index (χ4v) is 3.57. The molecular weight excluding hydrogens is 255 g/mol. The van der Waals surface area contributed by atoms with Gasteiger partial charge in [-0.3, -0.25) is 4.57 Å². The maximum atomic E-state index is 12.7. The number of hydrogen-bond acceptors (Lipinski definition) is 1. The molecule has 0 aliphatic heterocycles. The summed E-state index contributed by atoms with van der Waals surface area (Å²) in [7, 11) is -3.49. The Hall–Kier alpha value is -1.37. The average Bonchev–Trinajstić information content (AvgIpc) is 2.35. The van der Waals surface area contributed by atoms with Crippen molar-refractivity contribution in [2.75, 3.05) is 0 Å². The summed E-state index contributed by atoms with van der Waals surface area (Å²) in [5.74, 6) is 0. The van der Waals surface area contributed by atoms with E-state index in [2.05, 4.69) is 0 Å². The Kier molecular flexibility index (Phi) is 3.66. The molecule has 0 radical (unpaired) electrons. The van der Waals surface area contributed by atoms with Crippen LogP contribution >= 0.6 is 7.37 Å². The monoisotopic (exact) mass is 274 g/mol. The summed E-state index contributed by atoms with van der Waals surface area (Å²) in [6, 6.07) is 10.9. The molecule has 1 N–H and O–H groups in total. The second-order valence-electron chi connectivity index (χ2n) is 5.11. The van der Waals surface area contributed by atoms with E-state index in [0.29, 0.717) is 10.6 Å². The van der Waals surface area contributed by atoms with Crippen LogP contribution in [-0.4, -0.2) is 4.89 Å². The minimum atomic E-state index is -3.49. The van der Waals surface area contributed by atoms with Crippen molar-refractivity contribution >= 4 is 18.0 Å². The van der Waals surface area contributed by atoms with Gasteiger partial charge in [-0.2, -0.15) is 0 Å². The summed E-state index contributed by atoms with van der Waals surface area (Å²) in [5, 5.41) is 0.998. The fourth-order valence-electron chi connectivity index (χ4n) is 1.98. The van der Waals surface area contributed by atoms with E-state index in [1.807, 2.05) is 52.0 Å². The largest absolute Gasteiger partial charge is 0.338 e. The van der Waals surface area contributed by atoms with Crippen molar-refractivity contribution in [3.05, 3.63) is 58.7 Å². The first-order valence-corrected chi connectivity index (χ1v) is 7.97. The van der Waals surface area contributed by atoms with Crippen LogP contribution in [0, 0.1) is 27.7 Å². The maximum absolute atomic E-state index is 12.7. The predicted molar refractivity (Wildman–Crippen MR) is 80.9 cm³/mol. The van der Waals surface area contributed by atoms with E-state index >= 15 is 0 Å². The molecule has 0 aliphatic carbocycles. The van der Waals surface area contributed by atoms with Gasteiger partial charge in [0.15, 0.2) is 0 Å². The van der Waals surface area contributed by atoms with Gasteiger partial charge in [0.05, 0.1) is 0 Å². The topological polar surface area (TPSA) is 37.3 Å². The van der Waals surface area contributed by atoms with E-state index in [4.69, 9.17) is 0 Å². The van der Waals surface area contributed by atoms with Gasteiger partial charge in [-0.15, -0.1) is 0 Å². The van der Waals surface area contributed by atoms with Crippen LogP contribution in [0.3, 0.4) is 0 Å². The lowest BCUT2D eigenvalue weighted by molar-refractivity contribution is 0.501. The molecule has 0 amide bonds. The molecule has 3 heteroatoms. The van der Waals surface area contributed by atoms with Gasteiger partial charge < -0.3 is 4.89 Å². The van der Waals surface area contributed by atoms with Crippen LogP contribution in [0.15, 0.2) is 36.4 Å². The molecule has 100 valence electrons. The molecule has 0 bridgehead atoms. The van der Waals surface area contributed by atoms with E-state index in [1.54, 1.807) is 12.1 Å². The Bertz CT molecular complexity index is 619. The van der Waals surface area contributed by atoms with Crippen molar-refractivity contribution in [1.82, 2.24) is 0 Å². The average molecular weight is 274 g/mol. The van der Waals surface area contributed by atoms with Gasteiger partial charge in [0, 0.05) is 10.6 Å². The van der Waals surface area contributed by atoms with Crippen molar-refractivity contribution in [3.63, 3.8) is 0 Å². The SMILES string of the molecule is Cc1ccc(P(=O)(O)c2ccc(C)c(C)c2)cc1C. The number of rotatable bonds is 2. The first kappa shape index (κ1) is 14.0. The van der Waals surface area contributed by atoms with Crippen LogP contribution in [0.25, 0.3) is 0 Å². The van der Waals surface area contributed by atoms with E-state index in [0.717, 1.165) is 22.3 Å². The quantitative estimate of drug-likeness (QED) is 0.854. The minimum absolute atomic E-state index is 0.499. The Morgan fingerprint density at radius 2 is 1.11 bits per heavy atom. The number of hydrogen-bond donors (Lipinski definition) is 1. The molecule has 0 heterocycles. The van der Waals surface area contributed by atoms with Gasteiger partial charge >= 0.3 is 0 Å². The molecule has 0 atom stereocenters. The van der Waals surface area contributed by atoms with Crippen molar-refractivity contribution < 1.29 is 9.46 Å². The first-order chi connectivity index (χ1) is 8.82. The second-order valence-corrected chi connectivity index (χ2v) is 7.30. The normalized spacial score (nSPS) is 11.6. The Balaban J connectivity index is 2.54. The molecule has 0 aromatic heterocycles. The lowest BCUT2D eigenvalue weighted by atomic mass is 10.1. The number of aryl methyl sites for hydroxylation is 4. The summed E-state index contributed by atoms with van der Waals surface area (Å²) in [5.41, 5.74) is 4.33. The van der Waals surface area contributed by atoms with E-state index in [1.165, 1.54) is 0 Å². The smallest absolute Gasteiger partial charge is 0.258 e. The van der Waals surface area contributed by atoms with Crippen LogP contribution in [0.2, 0.25) is 0 Å². The molecule has 0 unspecified atom stereocenters. The lowest BCUT2D eigenvalue weighted by Crippen LogP contribution is -2.16. The lowest BCUT2D eigenvalue weighted by Gasteiger charge is -2.15. The van der Waals surface area contributed by atoms with Crippen molar-refractivity contribution in [2.45, 2.75) is 27.7 Å². The highest BCUT2D eigenvalue weighted by Crippen LogP contribution is 2.38. The highest BCUT2D eigenvalue weighted by atomic mass is 31.2. The molecule has 2 rings (SSSR count). The van der Waals surface area contributed by atoms with Gasteiger partial charge in [0.25, 0.3) is 7.37 Å². The van der Waals surface area contributed by atoms with Gasteiger partial charge in [-0.05, 0) is 74.2 Å². The third kappa shape index (κ3) is 2.65. The molecular formula is C16H19O2P. The summed E-state index contributed by atoms with van der Waals surface area (Å²) in [6.45, 7) is 7.91. The van der Waals surface area contributed by atoms with Crippen LogP contribution in [0.5, 0.6) is 0 Å². The van der Waals surface area contributed by atoms with Crippen molar-refractivity contribution in [2.24, 2.45) is 0 Å². The van der Waals surface area contributed by atoms with Crippen LogP contribution in [-0.2, 0) is 4.57 Å². The molecule has 0 fully saturated rings. The minimum Gasteiger partial charge on any atom is -0.338 e. The van der Waals surface area contributed by atoms with Crippen LogP contribution in [0.1, 0.15) is 22.3 Å². The van der Waals surface area contributed by atoms with Gasteiger partial charge in [-0.25, -0.2) is 0 Å². The molecule has 0 spiro atoms. The molecule has 2 nitrogen and oxygen atoms in total. The Labute approximate surface area is 114 Å². The molecule has 0 saturated heterocycles. The van der Waals surface area contributed by atoms with Crippen molar-refractivity contribution in [1.29, 1.82) is 0 Å². The van der Waals surface area contributed by atoms with Crippen LogP contribution in [0.4, 0.5) is 0 Å². The zero-order valence-corrected chi connectivity index (χ0v) is 12.7. The second kappa shape index (κ2) is 4.96. The third-order valence-corrected chi connectivity index (χ3v) is 5.64. The standard InChI is InChI=1S/C16H19O2P/c1-11-5-7-15(9-13(11)3)19(17,18)16-8-6-12(2)14(4)10-16/h5-10H,1-4H3,(H,17,18).